The second-order valence-electron chi connectivity index (χ2n) is 5.92. The van der Waals surface area contributed by atoms with E-state index in [0.717, 1.165) is 22.5 Å². The van der Waals surface area contributed by atoms with Crippen LogP contribution in [-0.2, 0) is 17.8 Å². The van der Waals surface area contributed by atoms with Crippen molar-refractivity contribution in [1.82, 2.24) is 14.8 Å². The van der Waals surface area contributed by atoms with Crippen LogP contribution in [0.3, 0.4) is 0 Å². The molecule has 0 aliphatic heterocycles. The van der Waals surface area contributed by atoms with Crippen LogP contribution in [0.5, 0.6) is 0 Å². The number of nitrogens with one attached hydrogen (secondary N) is 1. The van der Waals surface area contributed by atoms with Crippen molar-refractivity contribution in [2.24, 2.45) is 0 Å². The molecule has 3 aromatic rings. The smallest absolute Gasteiger partial charge is 0.230 e. The van der Waals surface area contributed by atoms with E-state index in [4.69, 9.17) is 11.6 Å². The van der Waals surface area contributed by atoms with Gasteiger partial charge in [-0.1, -0.05) is 48.0 Å². The molecule has 3 rings (SSSR count). The summed E-state index contributed by atoms with van der Waals surface area (Å²) in [6.07, 6.45) is 0.242. The predicted octanol–water partition coefficient (Wildman–Crippen LogP) is 3.78. The Hall–Kier alpha value is -2.66. The number of pyridine rings is 1. The molecule has 5 nitrogen and oxygen atoms in total. The number of halogens is 1. The molecule has 0 aliphatic rings. The quantitative estimate of drug-likeness (QED) is 0.709. The van der Waals surface area contributed by atoms with Crippen LogP contribution in [0.15, 0.2) is 48.5 Å². The number of anilines is 1. The van der Waals surface area contributed by atoms with Crippen LogP contribution in [0.1, 0.15) is 22.5 Å². The van der Waals surface area contributed by atoms with Gasteiger partial charge in [-0.25, -0.2) is 9.67 Å². The first kappa shape index (κ1) is 17.2. The highest BCUT2D eigenvalue weighted by atomic mass is 35.5. The second-order valence-corrected chi connectivity index (χ2v) is 6.30. The van der Waals surface area contributed by atoms with E-state index in [9.17, 15) is 4.79 Å². The van der Waals surface area contributed by atoms with Crippen LogP contribution in [0.2, 0.25) is 5.15 Å². The largest absolute Gasteiger partial charge is 0.311 e. The molecule has 0 radical (unpaired) electrons. The zero-order valence-corrected chi connectivity index (χ0v) is 14.9. The lowest BCUT2D eigenvalue weighted by atomic mass is 10.1. The van der Waals surface area contributed by atoms with E-state index in [1.54, 1.807) is 10.7 Å². The Morgan fingerprint density at radius 1 is 1.16 bits per heavy atom. The van der Waals surface area contributed by atoms with E-state index in [1.807, 2.05) is 56.3 Å². The molecule has 0 fully saturated rings. The van der Waals surface area contributed by atoms with Gasteiger partial charge in [-0.15, -0.1) is 0 Å². The van der Waals surface area contributed by atoms with Crippen molar-refractivity contribution < 1.29 is 4.79 Å². The molecule has 0 aliphatic carbocycles. The molecular weight excluding hydrogens is 336 g/mol. The molecule has 1 amide bonds. The highest BCUT2D eigenvalue weighted by Crippen LogP contribution is 2.15. The molecule has 2 aromatic heterocycles. The maximum absolute atomic E-state index is 12.4. The van der Waals surface area contributed by atoms with Crippen LogP contribution in [0.4, 0.5) is 5.82 Å². The first-order chi connectivity index (χ1) is 12.0. The lowest BCUT2D eigenvalue weighted by Gasteiger charge is -2.10. The van der Waals surface area contributed by atoms with Crippen molar-refractivity contribution in [2.75, 3.05) is 5.32 Å². The normalized spacial score (nSPS) is 10.7. The summed E-state index contributed by atoms with van der Waals surface area (Å²) in [5, 5.41) is 7.84. The highest BCUT2D eigenvalue weighted by molar-refractivity contribution is 6.29. The van der Waals surface area contributed by atoms with Crippen LogP contribution < -0.4 is 5.32 Å². The topological polar surface area (TPSA) is 59.8 Å². The lowest BCUT2D eigenvalue weighted by molar-refractivity contribution is -0.115. The Labute approximate surface area is 151 Å². The fourth-order valence-electron chi connectivity index (χ4n) is 2.63. The molecule has 0 bridgehead atoms. The molecule has 1 N–H and O–H groups in total. The van der Waals surface area contributed by atoms with Gasteiger partial charge in [0.15, 0.2) is 0 Å². The highest BCUT2D eigenvalue weighted by Gasteiger charge is 2.12. The predicted molar refractivity (Wildman–Crippen MR) is 98.8 cm³/mol. The van der Waals surface area contributed by atoms with Crippen molar-refractivity contribution >= 4 is 23.3 Å². The first-order valence-electron chi connectivity index (χ1n) is 8.01. The van der Waals surface area contributed by atoms with Gasteiger partial charge in [-0.3, -0.25) is 4.79 Å². The maximum Gasteiger partial charge on any atom is 0.230 e. The molecule has 25 heavy (non-hydrogen) atoms. The Morgan fingerprint density at radius 2 is 1.92 bits per heavy atom. The van der Waals surface area contributed by atoms with Crippen molar-refractivity contribution in [3.63, 3.8) is 0 Å². The molecule has 0 spiro atoms. The summed E-state index contributed by atoms with van der Waals surface area (Å²) < 4.78 is 1.80. The van der Waals surface area contributed by atoms with Gasteiger partial charge in [-0.05, 0) is 31.0 Å². The van der Waals surface area contributed by atoms with Crippen molar-refractivity contribution in [3.8, 4) is 0 Å². The zero-order chi connectivity index (χ0) is 17.8. The van der Waals surface area contributed by atoms with Gasteiger partial charge in [0, 0.05) is 11.8 Å². The molecule has 0 saturated heterocycles. The van der Waals surface area contributed by atoms with Crippen molar-refractivity contribution in [1.29, 1.82) is 0 Å². The number of aromatic nitrogens is 3. The number of carbonyl (C=O) groups is 1. The number of aryl methyl sites for hydroxylation is 2. The van der Waals surface area contributed by atoms with Gasteiger partial charge >= 0.3 is 0 Å². The number of hydrogen-bond acceptors (Lipinski definition) is 3. The molecule has 128 valence electrons. The number of amides is 1. The third-order valence-electron chi connectivity index (χ3n) is 3.86. The fraction of sp³-hybridized carbons (Fsp3) is 0.211. The van der Waals surface area contributed by atoms with Gasteiger partial charge < -0.3 is 5.32 Å². The molecule has 0 atom stereocenters. The van der Waals surface area contributed by atoms with Gasteiger partial charge in [-0.2, -0.15) is 5.10 Å². The SMILES string of the molecule is Cc1cc(NC(=O)Cc2ccc(Cl)nc2C)n(Cc2ccccc2)n1. The van der Waals surface area contributed by atoms with E-state index in [-0.39, 0.29) is 12.3 Å². The summed E-state index contributed by atoms with van der Waals surface area (Å²) in [5.41, 5.74) is 3.60. The monoisotopic (exact) mass is 354 g/mol. The minimum Gasteiger partial charge on any atom is -0.311 e. The van der Waals surface area contributed by atoms with Crippen LogP contribution in [0, 0.1) is 13.8 Å². The van der Waals surface area contributed by atoms with Crippen LogP contribution >= 0.6 is 11.6 Å². The van der Waals surface area contributed by atoms with Gasteiger partial charge in [0.05, 0.1) is 18.7 Å². The number of nitrogens with zero attached hydrogens (tertiary/aromatic N) is 3. The molecular formula is C19H19ClN4O. The Kier molecular flexibility index (Phi) is 5.14. The summed E-state index contributed by atoms with van der Waals surface area (Å²) in [5.74, 6) is 0.576. The number of rotatable bonds is 5. The van der Waals surface area contributed by atoms with E-state index >= 15 is 0 Å². The number of hydrogen-bond donors (Lipinski definition) is 1. The van der Waals surface area contributed by atoms with Crippen LogP contribution in [-0.4, -0.2) is 20.7 Å². The number of carbonyl (C=O) groups excluding carboxylic acids is 1. The minimum absolute atomic E-state index is 0.110. The van der Waals surface area contributed by atoms with Crippen molar-refractivity contribution in [3.05, 3.63) is 76.2 Å². The third kappa shape index (κ3) is 4.45. The molecule has 2 heterocycles. The summed E-state index contributed by atoms with van der Waals surface area (Å²) >= 11 is 5.86. The molecule has 0 unspecified atom stereocenters. The molecule has 1 aromatic carbocycles. The van der Waals surface area contributed by atoms with Gasteiger partial charge in [0.1, 0.15) is 11.0 Å². The Balaban J connectivity index is 1.73. The Bertz CT molecular complexity index is 890. The fourth-order valence-corrected chi connectivity index (χ4v) is 2.82. The van der Waals surface area contributed by atoms with Gasteiger partial charge in [0.2, 0.25) is 5.91 Å². The zero-order valence-electron chi connectivity index (χ0n) is 14.2. The average molecular weight is 355 g/mol. The summed E-state index contributed by atoms with van der Waals surface area (Å²) in [7, 11) is 0. The van der Waals surface area contributed by atoms with Crippen LogP contribution in [0.25, 0.3) is 0 Å². The summed E-state index contributed by atoms with van der Waals surface area (Å²) in [6.45, 7) is 4.36. The molecule has 0 saturated carbocycles. The molecule has 6 heteroatoms. The average Bonchev–Trinajstić information content (AvgIpc) is 2.90. The third-order valence-corrected chi connectivity index (χ3v) is 4.07. The minimum atomic E-state index is -0.110. The lowest BCUT2D eigenvalue weighted by Crippen LogP contribution is -2.18. The van der Waals surface area contributed by atoms with E-state index in [2.05, 4.69) is 15.4 Å². The second kappa shape index (κ2) is 7.49. The van der Waals surface area contributed by atoms with E-state index < -0.39 is 0 Å². The first-order valence-corrected chi connectivity index (χ1v) is 8.39. The summed E-state index contributed by atoms with van der Waals surface area (Å²) in [4.78, 5) is 16.6. The standard InChI is InChI=1S/C19H19ClN4O/c1-13-10-18(24(23-13)12-15-6-4-3-5-7-15)22-19(25)11-16-8-9-17(20)21-14(16)2/h3-10H,11-12H2,1-2H3,(H,22,25). The Morgan fingerprint density at radius 3 is 2.64 bits per heavy atom. The van der Waals surface area contributed by atoms with E-state index in [0.29, 0.717) is 17.5 Å². The number of benzene rings is 1. The van der Waals surface area contributed by atoms with Gasteiger partial charge in [0.25, 0.3) is 0 Å². The van der Waals surface area contributed by atoms with Crippen molar-refractivity contribution in [2.45, 2.75) is 26.8 Å². The maximum atomic E-state index is 12.4. The van der Waals surface area contributed by atoms with E-state index in [1.165, 1.54) is 0 Å². The summed E-state index contributed by atoms with van der Waals surface area (Å²) in [6, 6.07) is 15.4.